The van der Waals surface area contributed by atoms with Crippen molar-refractivity contribution in [1.82, 2.24) is 15.8 Å². The predicted molar refractivity (Wildman–Crippen MR) is 95.4 cm³/mol. The molecule has 4 rings (SSSR count). The van der Waals surface area contributed by atoms with E-state index in [4.69, 9.17) is 0 Å². The van der Waals surface area contributed by atoms with E-state index >= 15 is 0 Å². The topological polar surface area (TPSA) is 44.4 Å². The number of benzene rings is 1. The van der Waals surface area contributed by atoms with Gasteiger partial charge in [-0.25, -0.2) is 4.39 Å². The largest absolute Gasteiger partial charge is 0.338 e. The van der Waals surface area contributed by atoms with Crippen molar-refractivity contribution in [2.24, 2.45) is 5.92 Å². The minimum Gasteiger partial charge on any atom is -0.338 e. The Morgan fingerprint density at radius 3 is 2.68 bits per heavy atom. The van der Waals surface area contributed by atoms with Gasteiger partial charge in [0.05, 0.1) is 0 Å². The van der Waals surface area contributed by atoms with E-state index in [0.717, 1.165) is 37.8 Å². The van der Waals surface area contributed by atoms with Gasteiger partial charge in [-0.15, -0.1) is 0 Å². The summed E-state index contributed by atoms with van der Waals surface area (Å²) in [6.07, 6.45) is 7.74. The van der Waals surface area contributed by atoms with Gasteiger partial charge in [-0.2, -0.15) is 0 Å². The highest BCUT2D eigenvalue weighted by atomic mass is 19.1. The molecule has 0 aromatic heterocycles. The van der Waals surface area contributed by atoms with Gasteiger partial charge in [-0.1, -0.05) is 37.5 Å². The Hall–Kier alpha value is -1.46. The van der Waals surface area contributed by atoms with Gasteiger partial charge in [0.1, 0.15) is 5.82 Å². The fourth-order valence-electron chi connectivity index (χ4n) is 4.98. The Morgan fingerprint density at radius 1 is 1.08 bits per heavy atom. The Labute approximate surface area is 149 Å². The lowest BCUT2D eigenvalue weighted by Gasteiger charge is -2.35. The molecule has 25 heavy (non-hydrogen) atoms. The summed E-state index contributed by atoms with van der Waals surface area (Å²) in [4.78, 5) is 15.2. The molecule has 1 aromatic rings. The first-order chi connectivity index (χ1) is 12.3. The lowest BCUT2D eigenvalue weighted by Crippen LogP contribution is -2.51. The lowest BCUT2D eigenvalue weighted by molar-refractivity contribution is -0.138. The van der Waals surface area contributed by atoms with Gasteiger partial charge in [0.2, 0.25) is 5.91 Å². The quantitative estimate of drug-likeness (QED) is 0.885. The summed E-state index contributed by atoms with van der Waals surface area (Å²) in [6, 6.07) is 7.28. The summed E-state index contributed by atoms with van der Waals surface area (Å²) >= 11 is 0. The van der Waals surface area contributed by atoms with Crippen LogP contribution in [0.15, 0.2) is 24.3 Å². The number of halogens is 1. The molecular weight excluding hydrogens is 317 g/mol. The third kappa shape index (κ3) is 3.32. The Balaban J connectivity index is 1.53. The van der Waals surface area contributed by atoms with Gasteiger partial charge < -0.3 is 4.90 Å². The van der Waals surface area contributed by atoms with Crippen molar-refractivity contribution in [1.29, 1.82) is 0 Å². The number of hydrogen-bond acceptors (Lipinski definition) is 3. The van der Waals surface area contributed by atoms with Crippen LogP contribution < -0.4 is 10.9 Å². The van der Waals surface area contributed by atoms with Crippen molar-refractivity contribution >= 4 is 5.91 Å². The number of carbonyl (C=O) groups is 1. The van der Waals surface area contributed by atoms with E-state index in [9.17, 15) is 9.18 Å². The molecule has 1 amide bonds. The van der Waals surface area contributed by atoms with Crippen molar-refractivity contribution in [3.63, 3.8) is 0 Å². The molecule has 3 aliphatic rings. The maximum Gasteiger partial charge on any atom is 0.225 e. The summed E-state index contributed by atoms with van der Waals surface area (Å²) in [5.74, 6) is 0.455. The van der Waals surface area contributed by atoms with Crippen LogP contribution in [-0.2, 0) is 4.79 Å². The van der Waals surface area contributed by atoms with Crippen LogP contribution in [0.3, 0.4) is 0 Å². The predicted octanol–water partition coefficient (Wildman–Crippen LogP) is 2.96. The van der Waals surface area contributed by atoms with Gasteiger partial charge in [-0.05, 0) is 37.3 Å². The van der Waals surface area contributed by atoms with Gasteiger partial charge in [0, 0.05) is 37.0 Å². The number of nitrogens with zero attached hydrogens (tertiary/aromatic N) is 1. The number of rotatable bonds is 3. The third-order valence-corrected chi connectivity index (χ3v) is 6.28. The van der Waals surface area contributed by atoms with Gasteiger partial charge in [0.25, 0.3) is 0 Å². The zero-order valence-corrected chi connectivity index (χ0v) is 14.7. The zero-order valence-electron chi connectivity index (χ0n) is 14.7. The van der Waals surface area contributed by atoms with Crippen LogP contribution in [0.2, 0.25) is 0 Å². The first-order valence-corrected chi connectivity index (χ1v) is 9.79. The SMILES string of the molecule is O=C(C1CCCCC1)N1CCCC1C1NNCC1c1ccccc1F. The third-order valence-electron chi connectivity index (χ3n) is 6.28. The van der Waals surface area contributed by atoms with E-state index in [2.05, 4.69) is 15.8 Å². The highest BCUT2D eigenvalue weighted by Crippen LogP contribution is 2.35. The van der Waals surface area contributed by atoms with E-state index in [1.165, 1.54) is 25.3 Å². The second kappa shape index (κ2) is 7.42. The van der Waals surface area contributed by atoms with E-state index in [1.54, 1.807) is 6.07 Å². The van der Waals surface area contributed by atoms with Crippen molar-refractivity contribution in [2.75, 3.05) is 13.1 Å². The van der Waals surface area contributed by atoms with Crippen LogP contribution in [0.5, 0.6) is 0 Å². The number of hydrogen-bond donors (Lipinski definition) is 2. The molecule has 0 radical (unpaired) electrons. The average Bonchev–Trinajstić information content (AvgIpc) is 3.31. The Morgan fingerprint density at radius 2 is 1.88 bits per heavy atom. The fraction of sp³-hybridized carbons (Fsp3) is 0.650. The minimum absolute atomic E-state index is 0.0611. The summed E-state index contributed by atoms with van der Waals surface area (Å²) in [5, 5.41) is 0. The number of amides is 1. The molecule has 2 aliphatic heterocycles. The number of likely N-dealkylation sites (tertiary alicyclic amines) is 1. The van der Waals surface area contributed by atoms with Crippen molar-refractivity contribution in [3.8, 4) is 0 Å². The molecule has 3 fully saturated rings. The molecule has 0 spiro atoms. The Bertz CT molecular complexity index is 617. The normalized spacial score (nSPS) is 30.8. The number of hydrazine groups is 1. The smallest absolute Gasteiger partial charge is 0.225 e. The van der Waals surface area contributed by atoms with Gasteiger partial charge in [-0.3, -0.25) is 15.6 Å². The maximum atomic E-state index is 14.3. The highest BCUT2D eigenvalue weighted by molar-refractivity contribution is 5.79. The molecule has 1 aliphatic carbocycles. The van der Waals surface area contributed by atoms with Crippen molar-refractivity contribution in [3.05, 3.63) is 35.6 Å². The summed E-state index contributed by atoms with van der Waals surface area (Å²) in [6.45, 7) is 1.55. The molecule has 4 nitrogen and oxygen atoms in total. The van der Waals surface area contributed by atoms with E-state index < -0.39 is 0 Å². The van der Waals surface area contributed by atoms with Crippen LogP contribution in [0, 0.1) is 11.7 Å². The molecule has 5 heteroatoms. The second-order valence-electron chi connectivity index (χ2n) is 7.76. The molecule has 136 valence electrons. The molecule has 3 atom stereocenters. The van der Waals surface area contributed by atoms with Crippen LogP contribution in [-0.4, -0.2) is 36.0 Å². The molecule has 1 aromatic carbocycles. The number of nitrogens with one attached hydrogen (secondary N) is 2. The van der Waals surface area contributed by atoms with E-state index in [1.807, 2.05) is 12.1 Å². The highest BCUT2D eigenvalue weighted by Gasteiger charge is 2.43. The van der Waals surface area contributed by atoms with Crippen LogP contribution >= 0.6 is 0 Å². The van der Waals surface area contributed by atoms with E-state index in [-0.39, 0.29) is 29.7 Å². The van der Waals surface area contributed by atoms with E-state index in [0.29, 0.717) is 12.5 Å². The van der Waals surface area contributed by atoms with Crippen molar-refractivity contribution in [2.45, 2.75) is 62.9 Å². The van der Waals surface area contributed by atoms with Crippen LogP contribution in [0.25, 0.3) is 0 Å². The summed E-state index contributed by atoms with van der Waals surface area (Å²) in [7, 11) is 0. The average molecular weight is 345 g/mol. The van der Waals surface area contributed by atoms with Gasteiger partial charge in [0.15, 0.2) is 0 Å². The Kier molecular flexibility index (Phi) is 5.04. The maximum absolute atomic E-state index is 14.3. The van der Waals surface area contributed by atoms with Crippen LogP contribution in [0.4, 0.5) is 4.39 Å². The molecule has 0 bridgehead atoms. The second-order valence-corrected chi connectivity index (χ2v) is 7.76. The molecule has 2 heterocycles. The minimum atomic E-state index is -0.147. The first kappa shape index (κ1) is 17.0. The summed E-state index contributed by atoms with van der Waals surface area (Å²) in [5.41, 5.74) is 7.31. The molecule has 2 saturated heterocycles. The fourth-order valence-corrected chi connectivity index (χ4v) is 4.98. The van der Waals surface area contributed by atoms with Crippen molar-refractivity contribution < 1.29 is 9.18 Å². The number of carbonyl (C=O) groups excluding carboxylic acids is 1. The zero-order chi connectivity index (χ0) is 17.2. The summed E-state index contributed by atoms with van der Waals surface area (Å²) < 4.78 is 14.3. The monoisotopic (exact) mass is 345 g/mol. The van der Waals surface area contributed by atoms with Crippen LogP contribution in [0.1, 0.15) is 56.4 Å². The molecule has 2 N–H and O–H groups in total. The standard InChI is InChI=1S/C20H28FN3O/c21-17-10-5-4-9-15(17)16-13-22-23-19(16)18-11-6-12-24(18)20(25)14-7-2-1-3-8-14/h4-5,9-10,14,16,18-19,22-23H,1-3,6-8,11-13H2. The van der Waals surface area contributed by atoms with Gasteiger partial charge >= 0.3 is 0 Å². The molecule has 3 unspecified atom stereocenters. The first-order valence-electron chi connectivity index (χ1n) is 9.79. The molecule has 1 saturated carbocycles. The molecular formula is C20H28FN3O. The lowest BCUT2D eigenvalue weighted by atomic mass is 9.85.